The first-order valence-corrected chi connectivity index (χ1v) is 7.17. The molecule has 23 heavy (non-hydrogen) atoms. The Morgan fingerprint density at radius 3 is 2.26 bits per heavy atom. The van der Waals surface area contributed by atoms with Gasteiger partial charge in [-0.2, -0.15) is 0 Å². The summed E-state index contributed by atoms with van der Waals surface area (Å²) in [5, 5.41) is 4.81. The first kappa shape index (κ1) is 20.7. The van der Waals surface area contributed by atoms with E-state index in [-0.39, 0.29) is 25.4 Å². The fraction of sp³-hybridized carbons (Fsp3) is 0.714. The fourth-order valence-electron chi connectivity index (χ4n) is 1.53. The van der Waals surface area contributed by atoms with Crippen molar-refractivity contribution in [2.24, 2.45) is 5.73 Å². The van der Waals surface area contributed by atoms with Crippen LogP contribution < -0.4 is 16.4 Å². The number of hydrogen-bond acceptors (Lipinski definition) is 6. The number of alkyl carbamates (subject to hydrolysis) is 1. The van der Waals surface area contributed by atoms with E-state index in [0.717, 1.165) is 0 Å². The predicted octanol–water partition coefficient (Wildman–Crippen LogP) is -0.175. The van der Waals surface area contributed by atoms with E-state index in [2.05, 4.69) is 15.4 Å². The van der Waals surface area contributed by atoms with Gasteiger partial charge in [-0.3, -0.25) is 14.4 Å². The zero-order valence-electron chi connectivity index (χ0n) is 13.9. The summed E-state index contributed by atoms with van der Waals surface area (Å²) in [6.07, 6.45) is -0.666. The van der Waals surface area contributed by atoms with Crippen LogP contribution in [0.4, 0.5) is 4.79 Å². The van der Waals surface area contributed by atoms with Gasteiger partial charge in [0.15, 0.2) is 0 Å². The number of carbonyl (C=O) groups is 4. The van der Waals surface area contributed by atoms with Crippen LogP contribution in [-0.4, -0.2) is 49.2 Å². The summed E-state index contributed by atoms with van der Waals surface area (Å²) in [4.78, 5) is 45.6. The molecule has 0 aromatic heterocycles. The molecule has 0 aliphatic rings. The van der Waals surface area contributed by atoms with Crippen LogP contribution in [0.5, 0.6) is 0 Å². The predicted molar refractivity (Wildman–Crippen MR) is 81.2 cm³/mol. The second-order valence-corrected chi connectivity index (χ2v) is 5.84. The summed E-state index contributed by atoms with van der Waals surface area (Å²) < 4.78 is 9.50. The lowest BCUT2D eigenvalue weighted by Crippen LogP contribution is -2.50. The van der Waals surface area contributed by atoms with E-state index in [4.69, 9.17) is 10.5 Å². The highest BCUT2D eigenvalue weighted by Gasteiger charge is 2.25. The third-order valence-electron chi connectivity index (χ3n) is 2.50. The lowest BCUT2D eigenvalue weighted by molar-refractivity contribution is -0.140. The van der Waals surface area contributed by atoms with E-state index in [1.54, 1.807) is 20.8 Å². The maximum atomic E-state index is 12.0. The Morgan fingerprint density at radius 2 is 1.78 bits per heavy atom. The number of esters is 1. The molecule has 0 aliphatic heterocycles. The van der Waals surface area contributed by atoms with Crippen molar-refractivity contribution >= 4 is 23.9 Å². The monoisotopic (exact) mass is 331 g/mol. The molecule has 9 heteroatoms. The molecular weight excluding hydrogens is 306 g/mol. The van der Waals surface area contributed by atoms with Crippen LogP contribution in [0.1, 0.15) is 40.0 Å². The maximum Gasteiger partial charge on any atom is 0.408 e. The normalized spacial score (nSPS) is 12.0. The molecule has 0 aliphatic carbocycles. The van der Waals surface area contributed by atoms with E-state index in [1.807, 2.05) is 0 Å². The molecule has 0 bridgehead atoms. The largest absolute Gasteiger partial charge is 0.469 e. The number of rotatable bonds is 8. The highest BCUT2D eigenvalue weighted by Crippen LogP contribution is 2.07. The molecule has 0 fully saturated rings. The van der Waals surface area contributed by atoms with Crippen molar-refractivity contribution < 1.29 is 28.7 Å². The number of amides is 3. The van der Waals surface area contributed by atoms with E-state index in [9.17, 15) is 19.2 Å². The standard InChI is InChI=1S/C14H25N3O6/c1-14(2,3)23-13(21)17-9(8-10(15)18)12(20)16-7-5-6-11(19)22-4/h9H,5-8H2,1-4H3,(H2,15,18)(H,16,20)(H,17,21)/t9-/m1/s1. The highest BCUT2D eigenvalue weighted by molar-refractivity contribution is 5.90. The van der Waals surface area contributed by atoms with Gasteiger partial charge < -0.3 is 25.8 Å². The summed E-state index contributed by atoms with van der Waals surface area (Å²) >= 11 is 0. The van der Waals surface area contributed by atoms with Crippen molar-refractivity contribution in [1.82, 2.24) is 10.6 Å². The lowest BCUT2D eigenvalue weighted by Gasteiger charge is -2.22. The minimum absolute atomic E-state index is 0.150. The first-order valence-electron chi connectivity index (χ1n) is 7.17. The molecule has 4 N–H and O–H groups in total. The smallest absolute Gasteiger partial charge is 0.408 e. The molecular formula is C14H25N3O6. The van der Waals surface area contributed by atoms with Gasteiger partial charge in [-0.05, 0) is 27.2 Å². The maximum absolute atomic E-state index is 12.0. The quantitative estimate of drug-likeness (QED) is 0.417. The van der Waals surface area contributed by atoms with Gasteiger partial charge in [0.05, 0.1) is 13.5 Å². The lowest BCUT2D eigenvalue weighted by atomic mass is 10.1. The number of hydrogen-bond donors (Lipinski definition) is 3. The summed E-state index contributed by atoms with van der Waals surface area (Å²) in [5.74, 6) is -1.71. The number of primary amides is 1. The topological polar surface area (TPSA) is 137 Å². The molecule has 0 saturated heterocycles. The van der Waals surface area contributed by atoms with Crippen LogP contribution in [-0.2, 0) is 23.9 Å². The number of nitrogens with two attached hydrogens (primary N) is 1. The molecule has 0 spiro atoms. The molecule has 0 heterocycles. The average molecular weight is 331 g/mol. The summed E-state index contributed by atoms with van der Waals surface area (Å²) in [5.41, 5.74) is 4.34. The van der Waals surface area contributed by atoms with Gasteiger partial charge in [0.25, 0.3) is 0 Å². The molecule has 0 radical (unpaired) electrons. The number of nitrogens with one attached hydrogen (secondary N) is 2. The molecule has 0 aromatic rings. The van der Waals surface area contributed by atoms with Crippen molar-refractivity contribution in [3.8, 4) is 0 Å². The molecule has 9 nitrogen and oxygen atoms in total. The Balaban J connectivity index is 4.46. The van der Waals surface area contributed by atoms with Gasteiger partial charge >= 0.3 is 12.1 Å². The number of carbonyl (C=O) groups excluding carboxylic acids is 4. The average Bonchev–Trinajstić information content (AvgIpc) is 2.39. The number of ether oxygens (including phenoxy) is 2. The minimum Gasteiger partial charge on any atom is -0.469 e. The first-order chi connectivity index (χ1) is 10.5. The van der Waals surface area contributed by atoms with Crippen molar-refractivity contribution in [2.45, 2.75) is 51.7 Å². The Labute approximate surface area is 135 Å². The highest BCUT2D eigenvalue weighted by atomic mass is 16.6. The molecule has 0 saturated carbocycles. The van der Waals surface area contributed by atoms with Gasteiger partial charge in [-0.15, -0.1) is 0 Å². The summed E-state index contributed by atoms with van der Waals surface area (Å²) in [6, 6.07) is -1.14. The second-order valence-electron chi connectivity index (χ2n) is 5.84. The van der Waals surface area contributed by atoms with Crippen LogP contribution >= 0.6 is 0 Å². The van der Waals surface area contributed by atoms with Crippen LogP contribution in [0.15, 0.2) is 0 Å². The molecule has 0 aromatic carbocycles. The second kappa shape index (κ2) is 9.65. The Hall–Kier alpha value is -2.32. The van der Waals surface area contributed by atoms with Crippen molar-refractivity contribution in [1.29, 1.82) is 0 Å². The third kappa shape index (κ3) is 11.0. The van der Waals surface area contributed by atoms with Gasteiger partial charge in [-0.1, -0.05) is 0 Å². The van der Waals surface area contributed by atoms with Gasteiger partial charge in [-0.25, -0.2) is 4.79 Å². The number of methoxy groups -OCH3 is 1. The molecule has 1 atom stereocenters. The fourth-order valence-corrected chi connectivity index (χ4v) is 1.53. The Bertz CT molecular complexity index is 444. The van der Waals surface area contributed by atoms with Gasteiger partial charge in [0.1, 0.15) is 11.6 Å². The van der Waals surface area contributed by atoms with E-state index < -0.39 is 29.6 Å². The molecule has 132 valence electrons. The zero-order valence-corrected chi connectivity index (χ0v) is 13.9. The van der Waals surface area contributed by atoms with Crippen LogP contribution in [0.25, 0.3) is 0 Å². The summed E-state index contributed by atoms with van der Waals surface area (Å²) in [6.45, 7) is 5.20. The van der Waals surface area contributed by atoms with Crippen LogP contribution in [0, 0.1) is 0 Å². The Morgan fingerprint density at radius 1 is 1.17 bits per heavy atom. The molecule has 0 unspecified atom stereocenters. The molecule has 3 amide bonds. The van der Waals surface area contributed by atoms with E-state index >= 15 is 0 Å². The van der Waals surface area contributed by atoms with Crippen molar-refractivity contribution in [2.75, 3.05) is 13.7 Å². The van der Waals surface area contributed by atoms with Crippen LogP contribution in [0.3, 0.4) is 0 Å². The zero-order chi connectivity index (χ0) is 18.0. The molecule has 0 rings (SSSR count). The van der Waals surface area contributed by atoms with E-state index in [0.29, 0.717) is 6.42 Å². The van der Waals surface area contributed by atoms with Crippen molar-refractivity contribution in [3.05, 3.63) is 0 Å². The van der Waals surface area contributed by atoms with Crippen LogP contribution in [0.2, 0.25) is 0 Å². The van der Waals surface area contributed by atoms with E-state index in [1.165, 1.54) is 7.11 Å². The van der Waals surface area contributed by atoms with Crippen molar-refractivity contribution in [3.63, 3.8) is 0 Å². The summed E-state index contributed by atoms with van der Waals surface area (Å²) in [7, 11) is 1.27. The van der Waals surface area contributed by atoms with Gasteiger partial charge in [0, 0.05) is 13.0 Å². The third-order valence-corrected chi connectivity index (χ3v) is 2.50. The Kier molecular flexibility index (Phi) is 8.67. The minimum atomic E-state index is -1.14. The SMILES string of the molecule is COC(=O)CCCNC(=O)[C@@H](CC(N)=O)NC(=O)OC(C)(C)C. The van der Waals surface area contributed by atoms with Gasteiger partial charge in [0.2, 0.25) is 11.8 Å².